The quantitative estimate of drug-likeness (QED) is 0.845. The highest BCUT2D eigenvalue weighted by atomic mass is 35.5. The predicted molar refractivity (Wildman–Crippen MR) is 98.5 cm³/mol. The van der Waals surface area contributed by atoms with Crippen molar-refractivity contribution >= 4 is 12.4 Å². The van der Waals surface area contributed by atoms with E-state index in [4.69, 9.17) is 4.74 Å². The van der Waals surface area contributed by atoms with Crippen molar-refractivity contribution in [2.75, 3.05) is 52.4 Å². The summed E-state index contributed by atoms with van der Waals surface area (Å²) in [6, 6.07) is 0. The van der Waals surface area contributed by atoms with Gasteiger partial charge >= 0.3 is 0 Å². The number of nitrogens with one attached hydrogen (secondary N) is 1. The molecule has 23 heavy (non-hydrogen) atoms. The summed E-state index contributed by atoms with van der Waals surface area (Å²) in [6.07, 6.45) is 4.90. The first-order valence-corrected chi connectivity index (χ1v) is 9.33. The van der Waals surface area contributed by atoms with Gasteiger partial charge in [0.1, 0.15) is 0 Å². The standard InChI is InChI=1S/C18H35N3O.ClH/c1-15-10-21(11-16(2)22-15)12-17-4-8-20(9-5-17)14-18(3)6-7-19-13-18;/h15-17,19H,4-14H2,1-3H3;1H. The fraction of sp³-hybridized carbons (Fsp3) is 1.00. The molecular formula is C18H36ClN3O. The summed E-state index contributed by atoms with van der Waals surface area (Å²) in [6.45, 7) is 16.7. The minimum absolute atomic E-state index is 0. The molecule has 0 spiro atoms. The third kappa shape index (κ3) is 5.57. The van der Waals surface area contributed by atoms with Gasteiger partial charge in [0.15, 0.2) is 0 Å². The smallest absolute Gasteiger partial charge is 0.0678 e. The average molecular weight is 346 g/mol. The van der Waals surface area contributed by atoms with E-state index in [9.17, 15) is 0 Å². The fourth-order valence-electron chi connectivity index (χ4n) is 4.67. The second-order valence-corrected chi connectivity index (χ2v) is 8.43. The Bertz CT molecular complexity index is 344. The number of likely N-dealkylation sites (tertiary alicyclic amines) is 1. The molecule has 136 valence electrons. The molecule has 0 aromatic heterocycles. The minimum atomic E-state index is 0. The van der Waals surface area contributed by atoms with Crippen molar-refractivity contribution in [3.8, 4) is 0 Å². The van der Waals surface area contributed by atoms with Gasteiger partial charge in [-0.05, 0) is 64.1 Å². The molecular weight excluding hydrogens is 310 g/mol. The molecule has 3 atom stereocenters. The number of hydrogen-bond donors (Lipinski definition) is 1. The molecule has 3 fully saturated rings. The topological polar surface area (TPSA) is 27.7 Å². The fourth-order valence-corrected chi connectivity index (χ4v) is 4.67. The lowest BCUT2D eigenvalue weighted by molar-refractivity contribution is -0.0733. The lowest BCUT2D eigenvalue weighted by atomic mass is 9.87. The van der Waals surface area contributed by atoms with Gasteiger partial charge in [-0.15, -0.1) is 12.4 Å². The van der Waals surface area contributed by atoms with E-state index in [1.54, 1.807) is 0 Å². The van der Waals surface area contributed by atoms with Crippen molar-refractivity contribution in [3.63, 3.8) is 0 Å². The molecule has 0 radical (unpaired) electrons. The van der Waals surface area contributed by atoms with Crippen LogP contribution in [0.15, 0.2) is 0 Å². The van der Waals surface area contributed by atoms with E-state index in [0.29, 0.717) is 17.6 Å². The molecule has 1 N–H and O–H groups in total. The monoisotopic (exact) mass is 345 g/mol. The molecule has 3 aliphatic heterocycles. The summed E-state index contributed by atoms with van der Waals surface area (Å²) in [7, 11) is 0. The Morgan fingerprint density at radius 1 is 1.09 bits per heavy atom. The molecule has 0 bridgehead atoms. The first kappa shape index (κ1) is 19.5. The van der Waals surface area contributed by atoms with Crippen LogP contribution in [0.5, 0.6) is 0 Å². The SMILES string of the molecule is CC1CN(CC2CCN(CC3(C)CCNC3)CC2)CC(C)O1.Cl. The maximum atomic E-state index is 5.85. The zero-order valence-corrected chi connectivity index (χ0v) is 16.0. The molecule has 0 aliphatic carbocycles. The highest BCUT2D eigenvalue weighted by Gasteiger charge is 2.32. The summed E-state index contributed by atoms with van der Waals surface area (Å²) in [4.78, 5) is 5.36. The summed E-state index contributed by atoms with van der Waals surface area (Å²) in [5.41, 5.74) is 0.516. The van der Waals surface area contributed by atoms with Crippen molar-refractivity contribution in [1.29, 1.82) is 0 Å². The Morgan fingerprint density at radius 2 is 1.74 bits per heavy atom. The van der Waals surface area contributed by atoms with Crippen molar-refractivity contribution in [2.24, 2.45) is 11.3 Å². The molecule has 0 saturated carbocycles. The third-order valence-corrected chi connectivity index (χ3v) is 5.78. The average Bonchev–Trinajstić information content (AvgIpc) is 2.86. The van der Waals surface area contributed by atoms with Crippen molar-refractivity contribution in [2.45, 2.75) is 52.2 Å². The predicted octanol–water partition coefficient (Wildman–Crippen LogP) is 2.23. The van der Waals surface area contributed by atoms with Crippen LogP contribution >= 0.6 is 12.4 Å². The van der Waals surface area contributed by atoms with Gasteiger partial charge in [-0.25, -0.2) is 0 Å². The Morgan fingerprint density at radius 3 is 2.30 bits per heavy atom. The van der Waals surface area contributed by atoms with E-state index in [-0.39, 0.29) is 12.4 Å². The van der Waals surface area contributed by atoms with E-state index in [2.05, 4.69) is 35.9 Å². The van der Waals surface area contributed by atoms with Crippen LogP contribution in [0.3, 0.4) is 0 Å². The third-order valence-electron chi connectivity index (χ3n) is 5.78. The molecule has 3 heterocycles. The Kier molecular flexibility index (Phi) is 7.17. The maximum absolute atomic E-state index is 5.85. The van der Waals surface area contributed by atoms with E-state index in [1.807, 2.05) is 0 Å². The van der Waals surface area contributed by atoms with Crippen molar-refractivity contribution in [3.05, 3.63) is 0 Å². The molecule has 3 aliphatic rings. The number of piperidine rings is 1. The van der Waals surface area contributed by atoms with Crippen LogP contribution in [-0.4, -0.2) is 74.4 Å². The normalized spacial score (nSPS) is 37.7. The Balaban J connectivity index is 0.00000192. The van der Waals surface area contributed by atoms with E-state index in [1.165, 1.54) is 58.5 Å². The molecule has 3 rings (SSSR count). The van der Waals surface area contributed by atoms with Crippen LogP contribution in [0.4, 0.5) is 0 Å². The van der Waals surface area contributed by atoms with Crippen LogP contribution in [-0.2, 0) is 4.74 Å². The first-order chi connectivity index (χ1) is 10.5. The molecule has 4 nitrogen and oxygen atoms in total. The van der Waals surface area contributed by atoms with Crippen LogP contribution < -0.4 is 5.32 Å². The summed E-state index contributed by atoms with van der Waals surface area (Å²) < 4.78 is 5.85. The minimum Gasteiger partial charge on any atom is -0.373 e. The molecule has 5 heteroatoms. The molecule has 0 amide bonds. The maximum Gasteiger partial charge on any atom is 0.0678 e. The van der Waals surface area contributed by atoms with Crippen LogP contribution in [0.25, 0.3) is 0 Å². The summed E-state index contributed by atoms with van der Waals surface area (Å²) in [5, 5.41) is 3.53. The van der Waals surface area contributed by atoms with Crippen LogP contribution in [0, 0.1) is 11.3 Å². The molecule has 3 unspecified atom stereocenters. The number of rotatable bonds is 4. The first-order valence-electron chi connectivity index (χ1n) is 9.33. The molecule has 3 saturated heterocycles. The zero-order chi connectivity index (χ0) is 15.6. The van der Waals surface area contributed by atoms with E-state index in [0.717, 1.165) is 19.0 Å². The lowest BCUT2D eigenvalue weighted by Gasteiger charge is -2.41. The van der Waals surface area contributed by atoms with Gasteiger partial charge in [-0.3, -0.25) is 4.90 Å². The van der Waals surface area contributed by atoms with Gasteiger partial charge in [0.25, 0.3) is 0 Å². The summed E-state index contributed by atoms with van der Waals surface area (Å²) >= 11 is 0. The number of halogens is 1. The lowest BCUT2D eigenvalue weighted by Crippen LogP contribution is -2.49. The van der Waals surface area contributed by atoms with Gasteiger partial charge in [0, 0.05) is 32.7 Å². The second kappa shape index (κ2) is 8.48. The van der Waals surface area contributed by atoms with Crippen LogP contribution in [0.2, 0.25) is 0 Å². The van der Waals surface area contributed by atoms with Crippen molar-refractivity contribution in [1.82, 2.24) is 15.1 Å². The van der Waals surface area contributed by atoms with Gasteiger partial charge in [0.05, 0.1) is 12.2 Å². The molecule has 0 aromatic carbocycles. The molecule has 0 aromatic rings. The Hall–Kier alpha value is 0.130. The Labute approximate surface area is 148 Å². The summed E-state index contributed by atoms with van der Waals surface area (Å²) in [5.74, 6) is 0.892. The van der Waals surface area contributed by atoms with Gasteiger partial charge < -0.3 is 15.0 Å². The zero-order valence-electron chi connectivity index (χ0n) is 15.2. The van der Waals surface area contributed by atoms with Gasteiger partial charge in [-0.1, -0.05) is 6.92 Å². The number of hydrogen-bond acceptors (Lipinski definition) is 4. The second-order valence-electron chi connectivity index (χ2n) is 8.43. The van der Waals surface area contributed by atoms with Gasteiger partial charge in [-0.2, -0.15) is 0 Å². The number of morpholine rings is 1. The van der Waals surface area contributed by atoms with E-state index >= 15 is 0 Å². The highest BCUT2D eigenvalue weighted by molar-refractivity contribution is 5.85. The number of ether oxygens (including phenoxy) is 1. The highest BCUT2D eigenvalue weighted by Crippen LogP contribution is 2.28. The van der Waals surface area contributed by atoms with Gasteiger partial charge in [0.2, 0.25) is 0 Å². The largest absolute Gasteiger partial charge is 0.373 e. The van der Waals surface area contributed by atoms with Crippen LogP contribution in [0.1, 0.15) is 40.0 Å². The van der Waals surface area contributed by atoms with Crippen molar-refractivity contribution < 1.29 is 4.74 Å². The van der Waals surface area contributed by atoms with E-state index < -0.39 is 0 Å². The number of nitrogens with zero attached hydrogens (tertiary/aromatic N) is 2.